The molecule has 0 bridgehead atoms. The molecule has 5 nitrogen and oxygen atoms in total. The number of benzene rings is 2. The van der Waals surface area contributed by atoms with E-state index in [9.17, 15) is 8.42 Å². The second-order valence-corrected chi connectivity index (χ2v) is 6.84. The molecular weight excluding hydrogens is 322 g/mol. The molecule has 1 aromatic heterocycles. The van der Waals surface area contributed by atoms with E-state index < -0.39 is 10.0 Å². The van der Waals surface area contributed by atoms with Crippen molar-refractivity contribution in [3.05, 3.63) is 83.4 Å². The molecule has 3 rings (SSSR count). The number of sulfonamides is 1. The third-order valence-electron chi connectivity index (χ3n) is 3.47. The summed E-state index contributed by atoms with van der Waals surface area (Å²) in [6.45, 7) is 1.95. The highest BCUT2D eigenvalue weighted by molar-refractivity contribution is 7.95. The Morgan fingerprint density at radius 2 is 1.71 bits per heavy atom. The van der Waals surface area contributed by atoms with Gasteiger partial charge in [-0.15, -0.1) is 0 Å². The molecule has 0 amide bonds. The Labute approximate surface area is 141 Å². The van der Waals surface area contributed by atoms with Gasteiger partial charge in [0.2, 0.25) is 0 Å². The van der Waals surface area contributed by atoms with E-state index >= 15 is 0 Å². The Kier molecular flexibility index (Phi) is 4.48. The van der Waals surface area contributed by atoms with E-state index in [1.807, 2.05) is 61.5 Å². The highest BCUT2D eigenvalue weighted by Crippen LogP contribution is 2.19. The summed E-state index contributed by atoms with van der Waals surface area (Å²) in [7, 11) is -3.64. The number of nitrogens with zero attached hydrogens (tertiary/aromatic N) is 2. The zero-order chi connectivity index (χ0) is 17.0. The molecule has 2 aromatic carbocycles. The van der Waals surface area contributed by atoms with Crippen LogP contribution in [0.3, 0.4) is 0 Å². The van der Waals surface area contributed by atoms with Gasteiger partial charge in [0.1, 0.15) is 5.82 Å². The lowest BCUT2D eigenvalue weighted by Gasteiger charge is -2.10. The van der Waals surface area contributed by atoms with Crippen molar-refractivity contribution in [2.24, 2.45) is 0 Å². The van der Waals surface area contributed by atoms with Gasteiger partial charge in [-0.05, 0) is 30.2 Å². The lowest BCUT2D eigenvalue weighted by atomic mass is 10.2. The summed E-state index contributed by atoms with van der Waals surface area (Å²) in [5.74, 6) is 0.391. The molecule has 0 aliphatic rings. The van der Waals surface area contributed by atoms with Gasteiger partial charge in [-0.3, -0.25) is 4.72 Å². The van der Waals surface area contributed by atoms with E-state index in [4.69, 9.17) is 0 Å². The summed E-state index contributed by atoms with van der Waals surface area (Å²) >= 11 is 0. The molecule has 0 saturated carbocycles. The Morgan fingerprint density at radius 3 is 2.46 bits per heavy atom. The van der Waals surface area contributed by atoms with Gasteiger partial charge in [0.25, 0.3) is 10.0 Å². The predicted octanol–water partition coefficient (Wildman–Crippen LogP) is 3.59. The average Bonchev–Trinajstić information content (AvgIpc) is 3.02. The molecule has 0 unspecified atom stereocenters. The molecule has 0 aliphatic carbocycles. The maximum atomic E-state index is 12.3. The quantitative estimate of drug-likeness (QED) is 0.772. The van der Waals surface area contributed by atoms with E-state index in [2.05, 4.69) is 9.82 Å². The van der Waals surface area contributed by atoms with Gasteiger partial charge >= 0.3 is 0 Å². The maximum absolute atomic E-state index is 12.3. The Balaban J connectivity index is 1.86. The molecule has 1 N–H and O–H groups in total. The molecule has 0 atom stereocenters. The fraction of sp³-hybridized carbons (Fsp3) is 0.0556. The van der Waals surface area contributed by atoms with Gasteiger partial charge in [0, 0.05) is 6.07 Å². The van der Waals surface area contributed by atoms with Crippen LogP contribution in [-0.2, 0) is 10.0 Å². The Bertz CT molecular complexity index is 961. The lowest BCUT2D eigenvalue weighted by Crippen LogP contribution is -2.13. The van der Waals surface area contributed by atoms with Crippen LogP contribution in [0.25, 0.3) is 11.8 Å². The fourth-order valence-corrected chi connectivity index (χ4v) is 3.14. The number of aryl methyl sites for hydroxylation is 1. The summed E-state index contributed by atoms with van der Waals surface area (Å²) in [5.41, 5.74) is 2.64. The van der Waals surface area contributed by atoms with Gasteiger partial charge in [-0.2, -0.15) is 5.10 Å². The molecule has 0 fully saturated rings. The third-order valence-corrected chi connectivity index (χ3v) is 4.46. The zero-order valence-corrected chi connectivity index (χ0v) is 13.9. The topological polar surface area (TPSA) is 64.0 Å². The van der Waals surface area contributed by atoms with Crippen LogP contribution >= 0.6 is 0 Å². The Morgan fingerprint density at radius 1 is 1.00 bits per heavy atom. The molecule has 6 heteroatoms. The third kappa shape index (κ3) is 3.72. The summed E-state index contributed by atoms with van der Waals surface area (Å²) in [6, 6.07) is 18.5. The molecule has 0 aliphatic heterocycles. The number of hydrogen-bond donors (Lipinski definition) is 1. The average molecular weight is 339 g/mol. The monoisotopic (exact) mass is 339 g/mol. The van der Waals surface area contributed by atoms with Crippen molar-refractivity contribution >= 4 is 21.9 Å². The van der Waals surface area contributed by atoms with Gasteiger partial charge in [-0.25, -0.2) is 13.1 Å². The van der Waals surface area contributed by atoms with Gasteiger partial charge < -0.3 is 0 Å². The summed E-state index contributed by atoms with van der Waals surface area (Å²) in [5, 5.41) is 5.37. The minimum absolute atomic E-state index is 0.391. The summed E-state index contributed by atoms with van der Waals surface area (Å²) in [6.07, 6.45) is 3.11. The highest BCUT2D eigenvalue weighted by Gasteiger charge is 2.12. The van der Waals surface area contributed by atoms with Crippen LogP contribution < -0.4 is 4.72 Å². The zero-order valence-electron chi connectivity index (χ0n) is 13.1. The van der Waals surface area contributed by atoms with Crippen LogP contribution in [0.4, 0.5) is 5.82 Å². The van der Waals surface area contributed by atoms with Crippen molar-refractivity contribution < 1.29 is 8.42 Å². The molecular formula is C18H17N3O2S. The van der Waals surface area contributed by atoms with Gasteiger partial charge in [-0.1, -0.05) is 48.5 Å². The fourth-order valence-electron chi connectivity index (χ4n) is 2.29. The molecule has 0 spiro atoms. The van der Waals surface area contributed by atoms with Crippen molar-refractivity contribution in [1.82, 2.24) is 9.78 Å². The first-order chi connectivity index (χ1) is 11.6. The molecule has 24 heavy (non-hydrogen) atoms. The first kappa shape index (κ1) is 16.0. The predicted molar refractivity (Wildman–Crippen MR) is 96.3 cm³/mol. The second-order valence-electron chi connectivity index (χ2n) is 5.28. The number of nitrogens with one attached hydrogen (secondary N) is 1. The Hall–Kier alpha value is -2.86. The van der Waals surface area contributed by atoms with Crippen LogP contribution in [0.2, 0.25) is 0 Å². The standard InChI is InChI=1S/C18H17N3O2S/c1-15-7-5-6-10-17(15)21-18(11-13-19-21)20-24(22,23)14-12-16-8-3-2-4-9-16/h2-14,20H,1H3/b14-12+. The number of para-hydroxylation sites is 1. The van der Waals surface area contributed by atoms with Crippen LogP contribution in [0, 0.1) is 6.92 Å². The SMILES string of the molecule is Cc1ccccc1-n1nccc1NS(=O)(=O)/C=C/c1ccccc1. The molecule has 3 aromatic rings. The second kappa shape index (κ2) is 6.72. The van der Waals surface area contributed by atoms with Crippen LogP contribution in [0.15, 0.2) is 72.3 Å². The number of rotatable bonds is 5. The van der Waals surface area contributed by atoms with Crippen molar-refractivity contribution in [1.29, 1.82) is 0 Å². The van der Waals surface area contributed by atoms with Crippen molar-refractivity contribution in [2.75, 3.05) is 4.72 Å². The molecule has 122 valence electrons. The normalized spacial score (nSPS) is 11.7. The molecule has 1 heterocycles. The highest BCUT2D eigenvalue weighted by atomic mass is 32.2. The minimum atomic E-state index is -3.64. The summed E-state index contributed by atoms with van der Waals surface area (Å²) in [4.78, 5) is 0. The van der Waals surface area contributed by atoms with Crippen molar-refractivity contribution in [3.63, 3.8) is 0 Å². The van der Waals surface area contributed by atoms with Gasteiger partial charge in [0.05, 0.1) is 17.3 Å². The minimum Gasteiger partial charge on any atom is -0.264 e. The first-order valence-electron chi connectivity index (χ1n) is 7.41. The van der Waals surface area contributed by atoms with Crippen LogP contribution in [0.5, 0.6) is 0 Å². The van der Waals surface area contributed by atoms with E-state index in [0.717, 1.165) is 22.2 Å². The van der Waals surface area contributed by atoms with E-state index in [0.29, 0.717) is 5.82 Å². The maximum Gasteiger partial charge on any atom is 0.256 e. The molecule has 0 saturated heterocycles. The number of hydrogen-bond acceptors (Lipinski definition) is 3. The largest absolute Gasteiger partial charge is 0.264 e. The van der Waals surface area contributed by atoms with Crippen LogP contribution in [0.1, 0.15) is 11.1 Å². The van der Waals surface area contributed by atoms with Crippen molar-refractivity contribution in [2.45, 2.75) is 6.92 Å². The van der Waals surface area contributed by atoms with E-state index in [-0.39, 0.29) is 0 Å². The van der Waals surface area contributed by atoms with Crippen LogP contribution in [-0.4, -0.2) is 18.2 Å². The lowest BCUT2D eigenvalue weighted by molar-refractivity contribution is 0.609. The van der Waals surface area contributed by atoms with E-state index in [1.165, 1.54) is 0 Å². The number of aromatic nitrogens is 2. The first-order valence-corrected chi connectivity index (χ1v) is 8.96. The smallest absolute Gasteiger partial charge is 0.256 e. The number of anilines is 1. The summed E-state index contributed by atoms with van der Waals surface area (Å²) < 4.78 is 28.7. The van der Waals surface area contributed by atoms with Gasteiger partial charge in [0.15, 0.2) is 0 Å². The van der Waals surface area contributed by atoms with E-state index in [1.54, 1.807) is 23.0 Å². The molecule has 0 radical (unpaired) electrons. The van der Waals surface area contributed by atoms with Crippen molar-refractivity contribution in [3.8, 4) is 5.69 Å².